The molecule has 1 fully saturated rings. The van der Waals surface area contributed by atoms with E-state index in [2.05, 4.69) is 21.0 Å². The molecule has 9 heteroatoms. The maximum absolute atomic E-state index is 12.7. The lowest BCUT2D eigenvalue weighted by Crippen LogP contribution is -2.33. The monoisotopic (exact) mass is 499 g/mol. The molecule has 150 valence electrons. The molecule has 0 atom stereocenters. The molecule has 0 saturated carbocycles. The number of thiocarbonyl (C=S) groups is 1. The summed E-state index contributed by atoms with van der Waals surface area (Å²) >= 11 is 9.71. The molecule has 0 aliphatic carbocycles. The van der Waals surface area contributed by atoms with Crippen LogP contribution >= 0.6 is 39.9 Å². The SMILES string of the molecule is O=C(O)CN1C(=O)/C(=C/c2nn(-c3ccccc3)cc2-c2ccc(Br)cc2)SC1=S. The van der Waals surface area contributed by atoms with Crippen LogP contribution in [-0.4, -0.2) is 42.5 Å². The predicted molar refractivity (Wildman–Crippen MR) is 124 cm³/mol. The second kappa shape index (κ2) is 8.55. The van der Waals surface area contributed by atoms with Crippen molar-refractivity contribution >= 4 is 62.2 Å². The van der Waals surface area contributed by atoms with Gasteiger partial charge in [0.15, 0.2) is 0 Å². The van der Waals surface area contributed by atoms with E-state index < -0.39 is 18.4 Å². The molecule has 1 aliphatic heterocycles. The first-order valence-electron chi connectivity index (χ1n) is 8.80. The average Bonchev–Trinajstić information content (AvgIpc) is 3.26. The number of hydrogen-bond acceptors (Lipinski definition) is 5. The molecule has 0 radical (unpaired) electrons. The Labute approximate surface area is 190 Å². The van der Waals surface area contributed by atoms with E-state index in [1.165, 1.54) is 0 Å². The first-order valence-corrected chi connectivity index (χ1v) is 10.8. The van der Waals surface area contributed by atoms with Gasteiger partial charge in [-0.25, -0.2) is 4.68 Å². The van der Waals surface area contributed by atoms with Crippen molar-refractivity contribution in [2.75, 3.05) is 6.54 Å². The lowest BCUT2D eigenvalue weighted by Gasteiger charge is -2.10. The number of amides is 1. The topological polar surface area (TPSA) is 75.4 Å². The van der Waals surface area contributed by atoms with E-state index in [1.807, 2.05) is 60.8 Å². The van der Waals surface area contributed by atoms with Gasteiger partial charge in [0.1, 0.15) is 10.9 Å². The van der Waals surface area contributed by atoms with Crippen molar-refractivity contribution in [1.82, 2.24) is 14.7 Å². The van der Waals surface area contributed by atoms with Crippen molar-refractivity contribution in [2.45, 2.75) is 0 Å². The van der Waals surface area contributed by atoms with Crippen LogP contribution < -0.4 is 0 Å². The zero-order valence-corrected chi connectivity index (χ0v) is 18.6. The number of carbonyl (C=O) groups excluding carboxylic acids is 1. The number of aromatic nitrogens is 2. The van der Waals surface area contributed by atoms with Crippen LogP contribution in [0.3, 0.4) is 0 Å². The molecule has 4 rings (SSSR count). The van der Waals surface area contributed by atoms with E-state index in [0.717, 1.165) is 37.9 Å². The summed E-state index contributed by atoms with van der Waals surface area (Å²) in [6.45, 7) is -0.458. The Morgan fingerprint density at radius 3 is 2.53 bits per heavy atom. The van der Waals surface area contributed by atoms with E-state index in [-0.39, 0.29) is 4.32 Å². The number of benzene rings is 2. The Bertz CT molecular complexity index is 1170. The van der Waals surface area contributed by atoms with Gasteiger partial charge in [-0.3, -0.25) is 14.5 Å². The summed E-state index contributed by atoms with van der Waals surface area (Å²) in [5.41, 5.74) is 3.26. The second-order valence-electron chi connectivity index (χ2n) is 6.38. The number of thioether (sulfide) groups is 1. The number of carboxylic acid groups (broad SMARTS) is 1. The van der Waals surface area contributed by atoms with Crippen molar-refractivity contribution in [3.8, 4) is 16.8 Å². The third kappa shape index (κ3) is 4.23. The number of hydrogen-bond donors (Lipinski definition) is 1. The minimum Gasteiger partial charge on any atom is -0.480 e. The normalized spacial score (nSPS) is 15.2. The van der Waals surface area contributed by atoms with E-state index in [4.69, 9.17) is 17.3 Å². The first-order chi connectivity index (χ1) is 14.4. The van der Waals surface area contributed by atoms with Gasteiger partial charge in [-0.1, -0.05) is 70.2 Å². The highest BCUT2D eigenvalue weighted by Gasteiger charge is 2.33. The van der Waals surface area contributed by atoms with Gasteiger partial charge >= 0.3 is 5.97 Å². The van der Waals surface area contributed by atoms with Gasteiger partial charge in [-0.05, 0) is 35.9 Å². The van der Waals surface area contributed by atoms with Crippen molar-refractivity contribution < 1.29 is 14.7 Å². The van der Waals surface area contributed by atoms with Crippen LogP contribution in [0, 0.1) is 0 Å². The first kappa shape index (κ1) is 20.5. The summed E-state index contributed by atoms with van der Waals surface area (Å²) in [4.78, 5) is 25.1. The van der Waals surface area contributed by atoms with E-state index in [1.54, 1.807) is 10.8 Å². The summed E-state index contributed by atoms with van der Waals surface area (Å²) in [7, 11) is 0. The van der Waals surface area contributed by atoms with E-state index >= 15 is 0 Å². The molecule has 1 aliphatic rings. The minimum absolute atomic E-state index is 0.223. The number of rotatable bonds is 5. The molecule has 0 bridgehead atoms. The number of carboxylic acids is 1. The van der Waals surface area contributed by atoms with Gasteiger partial charge in [0.25, 0.3) is 5.91 Å². The molecule has 1 saturated heterocycles. The van der Waals surface area contributed by atoms with Gasteiger partial charge in [-0.15, -0.1) is 0 Å². The summed E-state index contributed by atoms with van der Waals surface area (Å²) in [5.74, 6) is -1.54. The molecule has 3 aromatic rings. The fraction of sp³-hybridized carbons (Fsp3) is 0.0476. The van der Waals surface area contributed by atoms with Crippen LogP contribution in [0.25, 0.3) is 22.9 Å². The minimum atomic E-state index is -1.11. The third-order valence-electron chi connectivity index (χ3n) is 4.35. The van der Waals surface area contributed by atoms with Crippen LogP contribution in [0.4, 0.5) is 0 Å². The molecule has 0 unspecified atom stereocenters. The summed E-state index contributed by atoms with van der Waals surface area (Å²) in [6, 6.07) is 17.4. The molecule has 2 heterocycles. The van der Waals surface area contributed by atoms with Crippen molar-refractivity contribution in [1.29, 1.82) is 0 Å². The molecular weight excluding hydrogens is 486 g/mol. The fourth-order valence-corrected chi connectivity index (χ4v) is 4.45. The molecule has 1 aromatic heterocycles. The highest BCUT2D eigenvalue weighted by Crippen LogP contribution is 2.35. The highest BCUT2D eigenvalue weighted by molar-refractivity contribution is 9.10. The van der Waals surface area contributed by atoms with Crippen LogP contribution in [0.5, 0.6) is 0 Å². The quantitative estimate of drug-likeness (QED) is 0.408. The average molecular weight is 500 g/mol. The lowest BCUT2D eigenvalue weighted by atomic mass is 10.1. The number of carbonyl (C=O) groups is 2. The Morgan fingerprint density at radius 1 is 1.17 bits per heavy atom. The van der Waals surface area contributed by atoms with E-state index in [9.17, 15) is 9.59 Å². The van der Waals surface area contributed by atoms with E-state index in [0.29, 0.717) is 10.6 Å². The number of nitrogens with zero attached hydrogens (tertiary/aromatic N) is 3. The molecule has 2 aromatic carbocycles. The number of aliphatic carboxylic acids is 1. The third-order valence-corrected chi connectivity index (χ3v) is 6.26. The van der Waals surface area contributed by atoms with Crippen LogP contribution in [0.15, 0.2) is 70.2 Å². The van der Waals surface area contributed by atoms with Gasteiger partial charge in [0, 0.05) is 16.2 Å². The Hall–Kier alpha value is -2.75. The Balaban J connectivity index is 1.78. The van der Waals surface area contributed by atoms with Crippen LogP contribution in [-0.2, 0) is 9.59 Å². The van der Waals surface area contributed by atoms with Crippen molar-refractivity contribution in [3.63, 3.8) is 0 Å². The zero-order valence-electron chi connectivity index (χ0n) is 15.4. The molecule has 1 amide bonds. The highest BCUT2D eigenvalue weighted by atomic mass is 79.9. The summed E-state index contributed by atoms with van der Waals surface area (Å²) in [5, 5.41) is 13.7. The van der Waals surface area contributed by atoms with Crippen molar-refractivity contribution in [2.24, 2.45) is 0 Å². The van der Waals surface area contributed by atoms with Crippen molar-refractivity contribution in [3.05, 3.63) is 75.9 Å². The van der Waals surface area contributed by atoms with Gasteiger partial charge in [0.2, 0.25) is 0 Å². The van der Waals surface area contributed by atoms with Crippen LogP contribution in [0.2, 0.25) is 0 Å². The summed E-state index contributed by atoms with van der Waals surface area (Å²) < 4.78 is 2.93. The maximum atomic E-state index is 12.7. The van der Waals surface area contributed by atoms with Gasteiger partial charge < -0.3 is 5.11 Å². The summed E-state index contributed by atoms with van der Waals surface area (Å²) in [6.07, 6.45) is 3.57. The standard InChI is InChI=1S/C21H14BrN3O3S2/c22-14-8-6-13(7-9-14)16-11-25(15-4-2-1-3-5-15)23-17(16)10-18-20(28)24(12-19(26)27)21(29)30-18/h1-11H,12H2,(H,26,27)/b18-10-. The number of halogens is 1. The second-order valence-corrected chi connectivity index (χ2v) is 8.97. The molecule has 1 N–H and O–H groups in total. The van der Waals surface area contributed by atoms with Crippen LogP contribution in [0.1, 0.15) is 5.69 Å². The lowest BCUT2D eigenvalue weighted by molar-refractivity contribution is -0.140. The zero-order chi connectivity index (χ0) is 21.3. The molecule has 0 spiro atoms. The Kier molecular flexibility index (Phi) is 5.85. The molecule has 30 heavy (non-hydrogen) atoms. The fourth-order valence-electron chi connectivity index (χ4n) is 2.95. The number of para-hydroxylation sites is 1. The Morgan fingerprint density at radius 2 is 1.87 bits per heavy atom. The van der Waals surface area contributed by atoms with Gasteiger partial charge in [-0.2, -0.15) is 5.10 Å². The largest absolute Gasteiger partial charge is 0.480 e. The molecular formula is C21H14BrN3O3S2. The predicted octanol–water partition coefficient (Wildman–Crippen LogP) is 4.59. The molecule has 6 nitrogen and oxygen atoms in total. The van der Waals surface area contributed by atoms with Gasteiger partial charge in [0.05, 0.1) is 16.3 Å². The maximum Gasteiger partial charge on any atom is 0.323 e. The smallest absolute Gasteiger partial charge is 0.323 e.